The van der Waals surface area contributed by atoms with E-state index in [1.165, 1.54) is 6.07 Å². The molecular weight excluding hydrogens is 373 g/mol. The first-order chi connectivity index (χ1) is 11.9. The van der Waals surface area contributed by atoms with E-state index in [1.807, 2.05) is 0 Å². The summed E-state index contributed by atoms with van der Waals surface area (Å²) in [5.74, 6) is -0.406. The van der Waals surface area contributed by atoms with Crippen molar-refractivity contribution in [1.29, 1.82) is 0 Å². The molecule has 4 N–H and O–H groups in total. The number of anilines is 1. The van der Waals surface area contributed by atoms with Crippen molar-refractivity contribution in [2.24, 2.45) is 0 Å². The second-order valence-electron chi connectivity index (χ2n) is 5.73. The number of aromatic amines is 2. The number of nitrogens with one attached hydrogen (secondary N) is 4. The van der Waals surface area contributed by atoms with Crippen LogP contribution in [0.5, 0.6) is 0 Å². The summed E-state index contributed by atoms with van der Waals surface area (Å²) < 4.78 is 38.3. The zero-order valence-corrected chi connectivity index (χ0v) is 14.0. The molecule has 1 aliphatic heterocycles. The fraction of sp³-hybridized carbons (Fsp3) is 0.267. The van der Waals surface area contributed by atoms with Crippen LogP contribution in [-0.2, 0) is 19.1 Å². The van der Waals surface area contributed by atoms with Crippen LogP contribution in [0.2, 0.25) is 0 Å². The Labute approximate surface area is 151 Å². The number of aromatic nitrogens is 4. The Hall–Kier alpha value is -2.59. The summed E-state index contributed by atoms with van der Waals surface area (Å²) in [7, 11) is 0. The largest absolute Gasteiger partial charge is 0.416 e. The third-order valence-corrected chi connectivity index (χ3v) is 4.06. The van der Waals surface area contributed by atoms with E-state index in [1.54, 1.807) is 0 Å². The lowest BCUT2D eigenvalue weighted by Crippen LogP contribution is -2.25. The maximum atomic E-state index is 12.8. The summed E-state index contributed by atoms with van der Waals surface area (Å²) in [6, 6.07) is 3.16. The molecule has 3 aromatic rings. The quantitative estimate of drug-likeness (QED) is 0.544. The zero-order chi connectivity index (χ0) is 17.6. The number of hydrogen-bond donors (Lipinski definition) is 4. The molecule has 7 nitrogen and oxygen atoms in total. The van der Waals surface area contributed by atoms with Crippen molar-refractivity contribution in [2.45, 2.75) is 19.1 Å². The minimum absolute atomic E-state index is 0. The number of fused-ring (bicyclic) bond motifs is 2. The molecule has 0 saturated carbocycles. The normalized spacial score (nSPS) is 14.0. The minimum Gasteiger partial charge on any atom is -0.324 e. The van der Waals surface area contributed by atoms with Gasteiger partial charge in [0.2, 0.25) is 5.95 Å². The van der Waals surface area contributed by atoms with E-state index < -0.39 is 17.6 Å². The highest BCUT2D eigenvalue weighted by Crippen LogP contribution is 2.31. The monoisotopic (exact) mass is 386 g/mol. The predicted molar refractivity (Wildman–Crippen MR) is 90.3 cm³/mol. The first-order valence-electron chi connectivity index (χ1n) is 7.57. The molecule has 1 aromatic carbocycles. The van der Waals surface area contributed by atoms with Crippen molar-refractivity contribution in [3.05, 3.63) is 40.7 Å². The lowest BCUT2D eigenvalue weighted by Gasteiger charge is -2.12. The van der Waals surface area contributed by atoms with Crippen LogP contribution in [0.4, 0.5) is 19.1 Å². The standard InChI is InChI=1S/C15H13F3N6O.ClH/c16-15(17,18)7-1-2-10-11(5-7)21-14(20-10)22-13(25)12-8-6-19-4-3-9(8)23-24-12;/h1-2,5,19H,3-4,6H2,(H,23,24)(H2,20,21,22,25);1H. The van der Waals surface area contributed by atoms with Crippen LogP contribution in [-0.4, -0.2) is 32.6 Å². The molecule has 2 aromatic heterocycles. The molecule has 0 spiro atoms. The van der Waals surface area contributed by atoms with Crippen LogP contribution in [0.1, 0.15) is 27.3 Å². The Balaban J connectivity index is 0.00000196. The van der Waals surface area contributed by atoms with Gasteiger partial charge in [0, 0.05) is 30.8 Å². The highest BCUT2D eigenvalue weighted by molar-refractivity contribution is 6.03. The number of imidazole rings is 1. The number of hydrogen-bond acceptors (Lipinski definition) is 4. The van der Waals surface area contributed by atoms with Gasteiger partial charge >= 0.3 is 6.18 Å². The Kier molecular flexibility index (Phi) is 4.63. The van der Waals surface area contributed by atoms with Gasteiger partial charge in [-0.1, -0.05) is 0 Å². The number of H-pyrrole nitrogens is 2. The molecule has 1 amide bonds. The molecule has 0 unspecified atom stereocenters. The van der Waals surface area contributed by atoms with Crippen molar-refractivity contribution in [2.75, 3.05) is 11.9 Å². The second kappa shape index (κ2) is 6.61. The van der Waals surface area contributed by atoms with Gasteiger partial charge in [-0.3, -0.25) is 15.2 Å². The molecule has 0 radical (unpaired) electrons. The number of carbonyl (C=O) groups is 1. The lowest BCUT2D eigenvalue weighted by atomic mass is 10.1. The third kappa shape index (κ3) is 3.25. The van der Waals surface area contributed by atoms with Crippen LogP contribution < -0.4 is 10.6 Å². The van der Waals surface area contributed by atoms with E-state index >= 15 is 0 Å². The highest BCUT2D eigenvalue weighted by Gasteiger charge is 2.31. The van der Waals surface area contributed by atoms with Gasteiger partial charge in [-0.05, 0) is 18.2 Å². The molecule has 11 heteroatoms. The van der Waals surface area contributed by atoms with Crippen LogP contribution in [0.15, 0.2) is 18.2 Å². The number of benzene rings is 1. The van der Waals surface area contributed by atoms with E-state index in [9.17, 15) is 18.0 Å². The fourth-order valence-corrected chi connectivity index (χ4v) is 2.82. The minimum atomic E-state index is -4.44. The smallest absolute Gasteiger partial charge is 0.324 e. The van der Waals surface area contributed by atoms with E-state index in [0.717, 1.165) is 36.4 Å². The van der Waals surface area contributed by atoms with E-state index in [4.69, 9.17) is 0 Å². The summed E-state index contributed by atoms with van der Waals surface area (Å²) in [6.07, 6.45) is -3.69. The second-order valence-corrected chi connectivity index (χ2v) is 5.73. The van der Waals surface area contributed by atoms with Crippen LogP contribution in [0.25, 0.3) is 11.0 Å². The summed E-state index contributed by atoms with van der Waals surface area (Å²) >= 11 is 0. The van der Waals surface area contributed by atoms with Gasteiger partial charge in [0.25, 0.3) is 5.91 Å². The first kappa shape index (κ1) is 18.2. The SMILES string of the molecule is Cl.O=C(Nc1nc2ccc(C(F)(F)F)cc2[nH]1)c1n[nH]c2c1CNCC2. The molecular formula is C15H14ClF3N6O. The lowest BCUT2D eigenvalue weighted by molar-refractivity contribution is -0.137. The van der Waals surface area contributed by atoms with E-state index in [-0.39, 0.29) is 29.6 Å². The number of alkyl halides is 3. The molecule has 0 aliphatic carbocycles. The summed E-state index contributed by atoms with van der Waals surface area (Å²) in [5.41, 5.74) is 1.68. The van der Waals surface area contributed by atoms with Crippen molar-refractivity contribution in [3.63, 3.8) is 0 Å². The molecule has 0 saturated heterocycles. The van der Waals surface area contributed by atoms with Crippen molar-refractivity contribution in [1.82, 2.24) is 25.5 Å². The number of amides is 1. The molecule has 138 valence electrons. The molecule has 4 rings (SSSR count). The van der Waals surface area contributed by atoms with Gasteiger partial charge in [-0.2, -0.15) is 18.3 Å². The third-order valence-electron chi connectivity index (χ3n) is 4.06. The predicted octanol–water partition coefficient (Wildman–Crippen LogP) is 2.62. The maximum absolute atomic E-state index is 12.8. The molecule has 3 heterocycles. The molecule has 0 fully saturated rings. The van der Waals surface area contributed by atoms with Crippen LogP contribution in [0, 0.1) is 0 Å². The van der Waals surface area contributed by atoms with Gasteiger partial charge < -0.3 is 10.3 Å². The van der Waals surface area contributed by atoms with Crippen molar-refractivity contribution >= 4 is 35.3 Å². The Bertz CT molecular complexity index is 964. The Morgan fingerprint density at radius 3 is 2.85 bits per heavy atom. The summed E-state index contributed by atoms with van der Waals surface area (Å²) in [4.78, 5) is 19.2. The van der Waals surface area contributed by atoms with Gasteiger partial charge in [0.05, 0.1) is 16.6 Å². The summed E-state index contributed by atoms with van der Waals surface area (Å²) in [6.45, 7) is 1.34. The molecule has 0 atom stereocenters. The van der Waals surface area contributed by atoms with Gasteiger partial charge in [-0.25, -0.2) is 4.98 Å². The van der Waals surface area contributed by atoms with Crippen molar-refractivity contribution < 1.29 is 18.0 Å². The molecule has 26 heavy (non-hydrogen) atoms. The van der Waals surface area contributed by atoms with Gasteiger partial charge in [0.15, 0.2) is 5.69 Å². The first-order valence-corrected chi connectivity index (χ1v) is 7.57. The zero-order valence-electron chi connectivity index (χ0n) is 13.2. The van der Waals surface area contributed by atoms with Crippen molar-refractivity contribution in [3.8, 4) is 0 Å². The van der Waals surface area contributed by atoms with Gasteiger partial charge in [-0.15, -0.1) is 12.4 Å². The fourth-order valence-electron chi connectivity index (χ4n) is 2.82. The number of nitrogens with zero attached hydrogens (tertiary/aromatic N) is 2. The van der Waals surface area contributed by atoms with Gasteiger partial charge in [0.1, 0.15) is 0 Å². The number of carbonyl (C=O) groups excluding carboxylic acids is 1. The average molecular weight is 387 g/mol. The topological polar surface area (TPSA) is 98.5 Å². The van der Waals surface area contributed by atoms with E-state index in [0.29, 0.717) is 12.1 Å². The summed E-state index contributed by atoms with van der Waals surface area (Å²) in [5, 5.41) is 12.6. The Morgan fingerprint density at radius 2 is 2.08 bits per heavy atom. The number of rotatable bonds is 2. The van der Waals surface area contributed by atoms with Crippen LogP contribution in [0.3, 0.4) is 0 Å². The highest BCUT2D eigenvalue weighted by atomic mass is 35.5. The maximum Gasteiger partial charge on any atom is 0.416 e. The molecule has 0 bridgehead atoms. The van der Waals surface area contributed by atoms with Crippen LogP contribution >= 0.6 is 12.4 Å². The molecule has 1 aliphatic rings. The number of halogens is 4. The van der Waals surface area contributed by atoms with E-state index in [2.05, 4.69) is 30.8 Å². The average Bonchev–Trinajstić information content (AvgIpc) is 3.16. The Morgan fingerprint density at radius 1 is 1.27 bits per heavy atom.